The minimum atomic E-state index is -0.615. The number of alkyl carbamates (subject to hydrolysis) is 1. The number of anilines is 2. The molecule has 0 spiro atoms. The fourth-order valence-electron chi connectivity index (χ4n) is 5.78. The van der Waals surface area contributed by atoms with Crippen LogP contribution in [0.5, 0.6) is 0 Å². The minimum Gasteiger partial charge on any atom is -0.449 e. The maximum Gasteiger partial charge on any atom is 0.412 e. The molecule has 0 atom stereocenters. The van der Waals surface area contributed by atoms with Crippen LogP contribution >= 0.6 is 0 Å². The van der Waals surface area contributed by atoms with E-state index in [0.29, 0.717) is 5.69 Å². The van der Waals surface area contributed by atoms with Crippen molar-refractivity contribution in [2.24, 2.45) is 0 Å². The van der Waals surface area contributed by atoms with E-state index in [-0.39, 0.29) is 19.1 Å². The van der Waals surface area contributed by atoms with Crippen molar-refractivity contribution in [2.75, 3.05) is 43.0 Å². The van der Waals surface area contributed by atoms with Gasteiger partial charge in [0.1, 0.15) is 12.2 Å². The highest BCUT2D eigenvalue weighted by molar-refractivity contribution is 5.89. The summed E-state index contributed by atoms with van der Waals surface area (Å²) in [6.45, 7) is 13.5. The highest BCUT2D eigenvalue weighted by Crippen LogP contribution is 2.44. The normalized spacial score (nSPS) is 14.7. The molecule has 1 aliphatic carbocycles. The van der Waals surface area contributed by atoms with E-state index in [9.17, 15) is 9.59 Å². The number of amides is 2. The number of carbonyl (C=O) groups excluding carboxylic acids is 2. The molecule has 0 unspecified atom stereocenters. The third-order valence-electron chi connectivity index (χ3n) is 7.78. The van der Waals surface area contributed by atoms with Crippen LogP contribution in [0.25, 0.3) is 11.1 Å². The molecule has 0 saturated carbocycles. The topological polar surface area (TPSA) is 91.9 Å². The van der Waals surface area contributed by atoms with E-state index in [0.717, 1.165) is 48.6 Å². The summed E-state index contributed by atoms with van der Waals surface area (Å²) in [5.41, 5.74) is 8.62. The lowest BCUT2D eigenvalue weighted by atomic mass is 9.98. The zero-order chi connectivity index (χ0) is 29.1. The van der Waals surface area contributed by atoms with Crippen LogP contribution < -0.4 is 20.9 Å². The Balaban J connectivity index is 1.31. The van der Waals surface area contributed by atoms with Gasteiger partial charge in [0, 0.05) is 44.3 Å². The molecule has 3 aromatic carbocycles. The molecule has 1 aliphatic heterocycles. The van der Waals surface area contributed by atoms with Crippen molar-refractivity contribution in [1.82, 2.24) is 10.6 Å². The lowest BCUT2D eigenvalue weighted by molar-refractivity contribution is 0.0635. The zero-order valence-electron chi connectivity index (χ0n) is 24.6. The Morgan fingerprint density at radius 2 is 1.54 bits per heavy atom. The van der Waals surface area contributed by atoms with Crippen LogP contribution in [0.1, 0.15) is 54.5 Å². The van der Waals surface area contributed by atoms with Crippen molar-refractivity contribution in [3.05, 3.63) is 82.4 Å². The second kappa shape index (κ2) is 11.8. The molecule has 3 aromatic rings. The average Bonchev–Trinajstić information content (AvgIpc) is 3.27. The maximum atomic E-state index is 12.9. The first-order chi connectivity index (χ1) is 19.6. The van der Waals surface area contributed by atoms with Gasteiger partial charge in [-0.1, -0.05) is 48.5 Å². The van der Waals surface area contributed by atoms with Crippen molar-refractivity contribution >= 4 is 23.6 Å². The van der Waals surface area contributed by atoms with Gasteiger partial charge in [0.05, 0.1) is 5.69 Å². The van der Waals surface area contributed by atoms with Crippen LogP contribution in [0.15, 0.2) is 54.6 Å². The Morgan fingerprint density at radius 1 is 0.927 bits per heavy atom. The van der Waals surface area contributed by atoms with E-state index < -0.39 is 17.8 Å². The van der Waals surface area contributed by atoms with Crippen molar-refractivity contribution in [2.45, 2.75) is 52.7 Å². The number of rotatable bonds is 6. The van der Waals surface area contributed by atoms with Gasteiger partial charge in [0.2, 0.25) is 0 Å². The Morgan fingerprint density at radius 3 is 2.15 bits per heavy atom. The number of nitrogens with one attached hydrogen (secondary N) is 3. The molecule has 0 aromatic heterocycles. The fraction of sp³-hybridized carbons (Fsp3) is 0.394. The summed E-state index contributed by atoms with van der Waals surface area (Å²) in [7, 11) is 0. The monoisotopic (exact) mass is 556 g/mol. The second-order valence-electron chi connectivity index (χ2n) is 11.7. The predicted octanol–water partition coefficient (Wildman–Crippen LogP) is 6.10. The summed E-state index contributed by atoms with van der Waals surface area (Å²) in [4.78, 5) is 28.0. The van der Waals surface area contributed by atoms with E-state index in [1.54, 1.807) is 0 Å². The molecular formula is C33H40N4O4. The van der Waals surface area contributed by atoms with Gasteiger partial charge in [-0.05, 0) is 79.6 Å². The van der Waals surface area contributed by atoms with Gasteiger partial charge in [-0.15, -0.1) is 0 Å². The molecule has 0 bridgehead atoms. The van der Waals surface area contributed by atoms with E-state index in [2.05, 4.69) is 51.2 Å². The van der Waals surface area contributed by atoms with E-state index in [1.165, 1.54) is 22.3 Å². The third-order valence-corrected chi connectivity index (χ3v) is 7.78. The molecule has 8 heteroatoms. The van der Waals surface area contributed by atoms with Crippen molar-refractivity contribution in [3.8, 4) is 11.1 Å². The Kier molecular flexibility index (Phi) is 8.22. The molecule has 41 heavy (non-hydrogen) atoms. The molecule has 2 aliphatic rings. The van der Waals surface area contributed by atoms with Crippen LogP contribution in [0, 0.1) is 13.8 Å². The van der Waals surface area contributed by atoms with Gasteiger partial charge in [0.25, 0.3) is 0 Å². The standard InChI is InChI=1S/C33H40N4O4/c1-21-23(18-29(37-16-14-34-15-17-37)22(2)30(21)36-32(39)41-33(3,4)5)19-35-31(38)40-20-28-26-12-8-6-10-24(26)25-11-7-9-13-27(25)28/h6-13,18,28,34H,14-17,19-20H2,1-5H3,(H,35,38)(H,36,39). The molecule has 1 fully saturated rings. The van der Waals surface area contributed by atoms with Crippen molar-refractivity contribution in [1.29, 1.82) is 0 Å². The Bertz CT molecular complexity index is 1390. The smallest absolute Gasteiger partial charge is 0.412 e. The number of hydrogen-bond acceptors (Lipinski definition) is 6. The number of benzene rings is 3. The molecule has 1 saturated heterocycles. The summed E-state index contributed by atoms with van der Waals surface area (Å²) in [6.07, 6.45) is -0.978. The molecule has 8 nitrogen and oxygen atoms in total. The van der Waals surface area contributed by atoms with Crippen LogP contribution in [0.4, 0.5) is 21.0 Å². The summed E-state index contributed by atoms with van der Waals surface area (Å²) in [5, 5.41) is 9.31. The minimum absolute atomic E-state index is 0.00166. The average molecular weight is 557 g/mol. The van der Waals surface area contributed by atoms with Crippen molar-refractivity contribution in [3.63, 3.8) is 0 Å². The molecular weight excluding hydrogens is 516 g/mol. The van der Waals surface area contributed by atoms with Crippen LogP contribution in [0.3, 0.4) is 0 Å². The molecule has 5 rings (SSSR count). The maximum absolute atomic E-state index is 12.9. The fourth-order valence-corrected chi connectivity index (χ4v) is 5.78. The first kappa shape index (κ1) is 28.5. The predicted molar refractivity (Wildman–Crippen MR) is 163 cm³/mol. The number of piperazine rings is 1. The Hall–Kier alpha value is -4.04. The zero-order valence-corrected chi connectivity index (χ0v) is 24.6. The lowest BCUT2D eigenvalue weighted by Crippen LogP contribution is -2.44. The van der Waals surface area contributed by atoms with Gasteiger partial charge in [-0.2, -0.15) is 0 Å². The van der Waals surface area contributed by atoms with Gasteiger partial charge in [-0.25, -0.2) is 9.59 Å². The van der Waals surface area contributed by atoms with Crippen LogP contribution in [0.2, 0.25) is 0 Å². The molecule has 216 valence electrons. The van der Waals surface area contributed by atoms with Gasteiger partial charge >= 0.3 is 12.2 Å². The molecule has 0 radical (unpaired) electrons. The highest BCUT2D eigenvalue weighted by Gasteiger charge is 2.29. The molecule has 2 amide bonds. The highest BCUT2D eigenvalue weighted by atomic mass is 16.6. The summed E-state index contributed by atoms with van der Waals surface area (Å²) in [5.74, 6) is -0.00166. The summed E-state index contributed by atoms with van der Waals surface area (Å²) >= 11 is 0. The molecule has 1 heterocycles. The Labute approximate surface area is 242 Å². The first-order valence-electron chi connectivity index (χ1n) is 14.3. The SMILES string of the molecule is Cc1c(CNC(=O)OCC2c3ccccc3-c3ccccc32)cc(N2CCNCC2)c(C)c1NC(=O)OC(C)(C)C. The van der Waals surface area contributed by atoms with E-state index >= 15 is 0 Å². The van der Waals surface area contributed by atoms with Crippen molar-refractivity contribution < 1.29 is 19.1 Å². The summed E-state index contributed by atoms with van der Waals surface area (Å²) < 4.78 is 11.3. The van der Waals surface area contributed by atoms with Crippen LogP contribution in [-0.2, 0) is 16.0 Å². The largest absolute Gasteiger partial charge is 0.449 e. The number of fused-ring (bicyclic) bond motifs is 3. The second-order valence-corrected chi connectivity index (χ2v) is 11.7. The quantitative estimate of drug-likeness (QED) is 0.340. The number of nitrogens with zero attached hydrogens (tertiary/aromatic N) is 1. The summed E-state index contributed by atoms with van der Waals surface area (Å²) in [6, 6.07) is 18.7. The number of hydrogen-bond donors (Lipinski definition) is 3. The molecule has 3 N–H and O–H groups in total. The lowest BCUT2D eigenvalue weighted by Gasteiger charge is -2.32. The van der Waals surface area contributed by atoms with Gasteiger partial charge < -0.3 is 25.0 Å². The first-order valence-corrected chi connectivity index (χ1v) is 14.3. The van der Waals surface area contributed by atoms with Crippen LogP contribution in [-0.4, -0.2) is 50.6 Å². The third kappa shape index (κ3) is 6.33. The van der Waals surface area contributed by atoms with E-state index in [1.807, 2.05) is 58.9 Å². The number of ether oxygens (including phenoxy) is 2. The number of carbonyl (C=O) groups is 2. The van der Waals surface area contributed by atoms with Gasteiger partial charge in [0.15, 0.2) is 0 Å². The van der Waals surface area contributed by atoms with E-state index in [4.69, 9.17) is 9.47 Å². The van der Waals surface area contributed by atoms with Gasteiger partial charge in [-0.3, -0.25) is 5.32 Å².